The molecule has 5 aromatic rings. The normalized spacial score (nSPS) is 11.8. The zero-order chi connectivity index (χ0) is 22.1. The van der Waals surface area contributed by atoms with E-state index in [9.17, 15) is 13.2 Å². The molecule has 0 amide bonds. The lowest BCUT2D eigenvalue weighted by Gasteiger charge is -2.07. The largest absolute Gasteiger partial charge is 0.312 e. The van der Waals surface area contributed by atoms with Gasteiger partial charge in [-0.05, 0) is 12.1 Å². The SMILES string of the molecule is O=c1[nH]cnc2c(-n3cc(CNS(=O)(=O)c4ccccc4)c(-c4ccccc4)n3)csc12. The second kappa shape index (κ2) is 8.15. The molecule has 0 aliphatic rings. The Bertz CT molecular complexity index is 1560. The van der Waals surface area contributed by atoms with Crippen molar-refractivity contribution in [2.75, 3.05) is 0 Å². The summed E-state index contributed by atoms with van der Waals surface area (Å²) in [5.41, 5.74) is 3.18. The van der Waals surface area contributed by atoms with Gasteiger partial charge in [-0.2, -0.15) is 5.10 Å². The summed E-state index contributed by atoms with van der Waals surface area (Å²) in [6.07, 6.45) is 3.12. The number of sulfonamides is 1. The van der Waals surface area contributed by atoms with Gasteiger partial charge in [-0.3, -0.25) is 4.79 Å². The van der Waals surface area contributed by atoms with Gasteiger partial charge in [-0.25, -0.2) is 22.8 Å². The molecule has 0 radical (unpaired) electrons. The Morgan fingerprint density at radius 3 is 2.50 bits per heavy atom. The van der Waals surface area contributed by atoms with Crippen LogP contribution in [-0.4, -0.2) is 28.2 Å². The smallest absolute Gasteiger partial charge is 0.268 e. The highest BCUT2D eigenvalue weighted by molar-refractivity contribution is 7.89. The number of fused-ring (bicyclic) bond motifs is 1. The maximum atomic E-state index is 12.7. The number of nitrogens with one attached hydrogen (secondary N) is 2. The molecule has 5 rings (SSSR count). The molecule has 0 bridgehead atoms. The minimum atomic E-state index is -3.69. The minimum Gasteiger partial charge on any atom is -0.312 e. The third kappa shape index (κ3) is 3.75. The number of nitrogens with zero attached hydrogens (tertiary/aromatic N) is 3. The Kier molecular flexibility index (Phi) is 5.17. The maximum Gasteiger partial charge on any atom is 0.268 e. The van der Waals surface area contributed by atoms with E-state index in [0.717, 1.165) is 5.56 Å². The number of thiophene rings is 1. The molecule has 2 aromatic carbocycles. The molecule has 0 aliphatic heterocycles. The Balaban J connectivity index is 1.56. The molecule has 3 heterocycles. The standard InChI is InChI=1S/C22H17N5O3S2/c28-22-21-20(23-14-24-22)18(13-31-21)27-12-16(19(26-27)15-7-3-1-4-8-15)11-25-32(29,30)17-9-5-2-6-10-17/h1-10,12-14,25H,11H2,(H,23,24,28). The van der Waals surface area contributed by atoms with Crippen molar-refractivity contribution in [2.24, 2.45) is 0 Å². The summed E-state index contributed by atoms with van der Waals surface area (Å²) in [6.45, 7) is 0.0531. The third-order valence-corrected chi connectivity index (χ3v) is 7.30. The summed E-state index contributed by atoms with van der Waals surface area (Å²) < 4.78 is 30.2. The highest BCUT2D eigenvalue weighted by Crippen LogP contribution is 2.28. The minimum absolute atomic E-state index is 0.0531. The van der Waals surface area contributed by atoms with Crippen LogP contribution in [0.15, 0.2) is 88.3 Å². The maximum absolute atomic E-state index is 12.7. The predicted octanol–water partition coefficient (Wildman–Crippen LogP) is 3.32. The number of hydrogen-bond acceptors (Lipinski definition) is 6. The van der Waals surface area contributed by atoms with Crippen molar-refractivity contribution in [1.29, 1.82) is 0 Å². The molecule has 0 aliphatic carbocycles. The zero-order valence-electron chi connectivity index (χ0n) is 16.6. The Labute approximate surface area is 187 Å². The molecule has 0 spiro atoms. The van der Waals surface area contributed by atoms with Crippen molar-refractivity contribution in [3.05, 3.63) is 94.5 Å². The first-order chi connectivity index (χ1) is 15.5. The van der Waals surface area contributed by atoms with Gasteiger partial charge in [0.15, 0.2) is 0 Å². The van der Waals surface area contributed by atoms with E-state index < -0.39 is 10.0 Å². The third-order valence-electron chi connectivity index (χ3n) is 4.93. The lowest BCUT2D eigenvalue weighted by atomic mass is 10.1. The van der Waals surface area contributed by atoms with Crippen molar-refractivity contribution in [2.45, 2.75) is 11.4 Å². The molecular formula is C22H17N5O3S2. The van der Waals surface area contributed by atoms with Crippen molar-refractivity contribution in [3.8, 4) is 16.9 Å². The highest BCUT2D eigenvalue weighted by atomic mass is 32.2. The molecule has 0 saturated carbocycles. The van der Waals surface area contributed by atoms with E-state index in [4.69, 9.17) is 5.10 Å². The van der Waals surface area contributed by atoms with Crippen LogP contribution < -0.4 is 10.3 Å². The quantitative estimate of drug-likeness (QED) is 0.401. The van der Waals surface area contributed by atoms with Gasteiger partial charge in [0.25, 0.3) is 5.56 Å². The molecule has 32 heavy (non-hydrogen) atoms. The van der Waals surface area contributed by atoms with Crippen LogP contribution in [0.1, 0.15) is 5.56 Å². The molecule has 160 valence electrons. The van der Waals surface area contributed by atoms with Gasteiger partial charge in [0.05, 0.1) is 16.9 Å². The molecule has 0 saturated heterocycles. The van der Waals surface area contributed by atoms with Crippen LogP contribution in [0, 0.1) is 0 Å². The van der Waals surface area contributed by atoms with Crippen molar-refractivity contribution in [3.63, 3.8) is 0 Å². The summed E-state index contributed by atoms with van der Waals surface area (Å²) in [5.74, 6) is 0. The van der Waals surface area contributed by atoms with E-state index >= 15 is 0 Å². The monoisotopic (exact) mass is 463 g/mol. The number of aromatic amines is 1. The summed E-state index contributed by atoms with van der Waals surface area (Å²) >= 11 is 1.28. The van der Waals surface area contributed by atoms with E-state index in [1.165, 1.54) is 17.7 Å². The van der Waals surface area contributed by atoms with E-state index in [-0.39, 0.29) is 17.0 Å². The fraction of sp³-hybridized carbons (Fsp3) is 0.0455. The molecule has 2 N–H and O–H groups in total. The van der Waals surface area contributed by atoms with Crippen molar-refractivity contribution >= 4 is 31.6 Å². The van der Waals surface area contributed by atoms with Crippen LogP contribution in [-0.2, 0) is 16.6 Å². The first kappa shape index (κ1) is 20.3. The van der Waals surface area contributed by atoms with Crippen LogP contribution in [0.5, 0.6) is 0 Å². The van der Waals surface area contributed by atoms with Crippen LogP contribution in [0.25, 0.3) is 27.2 Å². The van der Waals surface area contributed by atoms with Gasteiger partial charge in [0, 0.05) is 29.2 Å². The van der Waals surface area contributed by atoms with Gasteiger partial charge < -0.3 is 4.98 Å². The Morgan fingerprint density at radius 2 is 1.75 bits per heavy atom. The molecule has 0 fully saturated rings. The number of H-pyrrole nitrogens is 1. The van der Waals surface area contributed by atoms with E-state index in [1.54, 1.807) is 41.2 Å². The molecule has 3 aromatic heterocycles. The molecular weight excluding hydrogens is 446 g/mol. The summed E-state index contributed by atoms with van der Waals surface area (Å²) in [4.78, 5) is 19.1. The first-order valence-electron chi connectivity index (χ1n) is 9.67. The Morgan fingerprint density at radius 1 is 1.03 bits per heavy atom. The molecule has 8 nitrogen and oxygen atoms in total. The van der Waals surface area contributed by atoms with Crippen molar-refractivity contribution in [1.82, 2.24) is 24.5 Å². The lowest BCUT2D eigenvalue weighted by molar-refractivity contribution is 0.581. The number of rotatable bonds is 6. The fourth-order valence-corrected chi connectivity index (χ4v) is 5.28. The van der Waals surface area contributed by atoms with Gasteiger partial charge in [-0.15, -0.1) is 11.3 Å². The average molecular weight is 464 g/mol. The van der Waals surface area contributed by atoms with E-state index in [0.29, 0.717) is 27.2 Å². The number of benzene rings is 2. The van der Waals surface area contributed by atoms with Gasteiger partial charge >= 0.3 is 0 Å². The zero-order valence-corrected chi connectivity index (χ0v) is 18.2. The molecule has 10 heteroatoms. The van der Waals surface area contributed by atoms with Crippen LogP contribution in [0.3, 0.4) is 0 Å². The molecule has 0 atom stereocenters. The average Bonchev–Trinajstić information content (AvgIpc) is 3.44. The molecule has 0 unspecified atom stereocenters. The lowest BCUT2D eigenvalue weighted by Crippen LogP contribution is -2.23. The van der Waals surface area contributed by atoms with Crippen molar-refractivity contribution < 1.29 is 8.42 Å². The highest BCUT2D eigenvalue weighted by Gasteiger charge is 2.19. The predicted molar refractivity (Wildman–Crippen MR) is 123 cm³/mol. The van der Waals surface area contributed by atoms with Gasteiger partial charge in [0.1, 0.15) is 15.9 Å². The summed E-state index contributed by atoms with van der Waals surface area (Å²) in [5, 5.41) is 6.52. The Hall–Kier alpha value is -3.60. The number of aromatic nitrogens is 4. The van der Waals surface area contributed by atoms with E-state index in [2.05, 4.69) is 14.7 Å². The number of hydrogen-bond donors (Lipinski definition) is 2. The second-order valence-electron chi connectivity index (χ2n) is 6.98. The van der Waals surface area contributed by atoms with E-state index in [1.807, 2.05) is 35.7 Å². The van der Waals surface area contributed by atoms with Crippen LogP contribution in [0.2, 0.25) is 0 Å². The fourth-order valence-electron chi connectivity index (χ4n) is 3.37. The first-order valence-corrected chi connectivity index (χ1v) is 12.0. The summed E-state index contributed by atoms with van der Waals surface area (Å²) in [6, 6.07) is 17.7. The van der Waals surface area contributed by atoms with Gasteiger partial charge in [-0.1, -0.05) is 48.5 Å². The second-order valence-corrected chi connectivity index (χ2v) is 9.63. The van der Waals surface area contributed by atoms with Gasteiger partial charge in [0.2, 0.25) is 10.0 Å². The van der Waals surface area contributed by atoms with Crippen LogP contribution in [0.4, 0.5) is 0 Å². The van der Waals surface area contributed by atoms with Crippen LogP contribution >= 0.6 is 11.3 Å². The summed E-state index contributed by atoms with van der Waals surface area (Å²) in [7, 11) is -3.69. The topological polar surface area (TPSA) is 110 Å².